The van der Waals surface area contributed by atoms with Gasteiger partial charge in [-0.3, -0.25) is 4.79 Å². The van der Waals surface area contributed by atoms with Gasteiger partial charge in [-0.25, -0.2) is 13.1 Å². The van der Waals surface area contributed by atoms with E-state index in [4.69, 9.17) is 0 Å². The normalized spacial score (nSPS) is 10.3. The van der Waals surface area contributed by atoms with Gasteiger partial charge in [-0.15, -0.1) is 0 Å². The molecule has 0 bridgehead atoms. The van der Waals surface area contributed by atoms with E-state index in [1.165, 1.54) is 31.0 Å². The van der Waals surface area contributed by atoms with Crippen molar-refractivity contribution in [3.8, 4) is 0 Å². The highest BCUT2D eigenvalue weighted by Crippen LogP contribution is 2.16. The Morgan fingerprint density at radius 1 is 1.17 bits per heavy atom. The molecule has 0 saturated heterocycles. The number of nitrogens with zero attached hydrogens (tertiary/aromatic N) is 1. The summed E-state index contributed by atoms with van der Waals surface area (Å²) in [5, 5.41) is 0. The number of hydrogen-bond acceptors (Lipinski definition) is 3. The van der Waals surface area contributed by atoms with Crippen molar-refractivity contribution in [2.45, 2.75) is 25.7 Å². The smallest absolute Gasteiger partial charge is 0.240 e. The molecule has 6 heteroatoms. The Labute approximate surface area is 109 Å². The van der Waals surface area contributed by atoms with Gasteiger partial charge in [0.15, 0.2) is 0 Å². The standard InChI is InChI=1S/C10H14N2O3S.C2H6/c1-8(13)12(3)9-4-6-10(7-5-9)16(14,15)11-2;1-2/h4-7,11H,1-3H3;1-2H3. The van der Waals surface area contributed by atoms with Gasteiger partial charge in [0.2, 0.25) is 15.9 Å². The molecule has 0 heterocycles. The number of rotatable bonds is 3. The van der Waals surface area contributed by atoms with Crippen LogP contribution in [0.25, 0.3) is 0 Å². The minimum absolute atomic E-state index is 0.107. The van der Waals surface area contributed by atoms with E-state index < -0.39 is 10.0 Å². The Morgan fingerprint density at radius 3 is 1.94 bits per heavy atom. The Bertz CT molecular complexity index is 481. The molecule has 0 unspecified atom stereocenters. The molecule has 0 aliphatic rings. The van der Waals surface area contributed by atoms with E-state index in [9.17, 15) is 13.2 Å². The number of benzene rings is 1. The van der Waals surface area contributed by atoms with Crippen molar-refractivity contribution >= 4 is 21.6 Å². The minimum atomic E-state index is -3.41. The van der Waals surface area contributed by atoms with E-state index in [1.807, 2.05) is 13.8 Å². The summed E-state index contributed by atoms with van der Waals surface area (Å²) in [5.41, 5.74) is 0.655. The molecule has 0 fully saturated rings. The molecule has 0 radical (unpaired) electrons. The lowest BCUT2D eigenvalue weighted by molar-refractivity contribution is -0.116. The van der Waals surface area contributed by atoms with E-state index >= 15 is 0 Å². The van der Waals surface area contributed by atoms with Crippen LogP contribution < -0.4 is 9.62 Å². The molecule has 0 aliphatic heterocycles. The first-order valence-corrected chi connectivity index (χ1v) is 7.14. The van der Waals surface area contributed by atoms with E-state index in [0.29, 0.717) is 5.69 Å². The molecule has 18 heavy (non-hydrogen) atoms. The third kappa shape index (κ3) is 4.12. The Balaban J connectivity index is 0.00000137. The van der Waals surface area contributed by atoms with Crippen LogP contribution in [0.4, 0.5) is 5.69 Å². The van der Waals surface area contributed by atoms with Gasteiger partial charge in [0.25, 0.3) is 0 Å². The maximum Gasteiger partial charge on any atom is 0.240 e. The lowest BCUT2D eigenvalue weighted by Gasteiger charge is -2.15. The zero-order valence-corrected chi connectivity index (χ0v) is 12.2. The number of carbonyl (C=O) groups is 1. The lowest BCUT2D eigenvalue weighted by atomic mass is 10.3. The molecule has 0 aliphatic carbocycles. The first-order chi connectivity index (χ1) is 8.38. The fourth-order valence-electron chi connectivity index (χ4n) is 1.15. The predicted octanol–water partition coefficient (Wildman–Crippen LogP) is 1.60. The highest BCUT2D eigenvalue weighted by atomic mass is 32.2. The number of nitrogens with one attached hydrogen (secondary N) is 1. The van der Waals surface area contributed by atoms with E-state index in [2.05, 4.69) is 4.72 Å². The van der Waals surface area contributed by atoms with Crippen LogP contribution in [0.2, 0.25) is 0 Å². The van der Waals surface area contributed by atoms with Crippen molar-refractivity contribution in [1.29, 1.82) is 0 Å². The van der Waals surface area contributed by atoms with E-state index in [1.54, 1.807) is 19.2 Å². The van der Waals surface area contributed by atoms with Crippen molar-refractivity contribution < 1.29 is 13.2 Å². The molecule has 1 amide bonds. The quantitative estimate of drug-likeness (QED) is 0.909. The monoisotopic (exact) mass is 272 g/mol. The average molecular weight is 272 g/mol. The summed E-state index contributed by atoms with van der Waals surface area (Å²) in [7, 11) is -0.433. The highest BCUT2D eigenvalue weighted by molar-refractivity contribution is 7.89. The van der Waals surface area contributed by atoms with Crippen molar-refractivity contribution in [2.75, 3.05) is 19.0 Å². The molecule has 1 aromatic carbocycles. The van der Waals surface area contributed by atoms with Gasteiger partial charge in [0.05, 0.1) is 4.90 Å². The molecular formula is C12H20N2O3S. The van der Waals surface area contributed by atoms with Crippen molar-refractivity contribution in [3.63, 3.8) is 0 Å². The van der Waals surface area contributed by atoms with Gasteiger partial charge in [-0.05, 0) is 31.3 Å². The second-order valence-corrected chi connectivity index (χ2v) is 5.17. The third-order valence-corrected chi connectivity index (χ3v) is 3.71. The van der Waals surface area contributed by atoms with Crippen LogP contribution in [-0.4, -0.2) is 28.4 Å². The van der Waals surface area contributed by atoms with Crippen molar-refractivity contribution in [3.05, 3.63) is 24.3 Å². The van der Waals surface area contributed by atoms with Gasteiger partial charge in [-0.1, -0.05) is 13.8 Å². The molecule has 0 atom stereocenters. The van der Waals surface area contributed by atoms with Gasteiger partial charge >= 0.3 is 0 Å². The molecule has 0 spiro atoms. The number of anilines is 1. The van der Waals surface area contributed by atoms with Crippen LogP contribution in [0.5, 0.6) is 0 Å². The zero-order valence-electron chi connectivity index (χ0n) is 11.4. The summed E-state index contributed by atoms with van der Waals surface area (Å²) < 4.78 is 25.1. The largest absolute Gasteiger partial charge is 0.316 e. The first-order valence-electron chi connectivity index (χ1n) is 5.66. The molecule has 1 rings (SSSR count). The van der Waals surface area contributed by atoms with E-state index in [-0.39, 0.29) is 10.8 Å². The molecule has 102 valence electrons. The Hall–Kier alpha value is -1.40. The topological polar surface area (TPSA) is 66.5 Å². The van der Waals surface area contributed by atoms with Gasteiger partial charge in [0.1, 0.15) is 0 Å². The summed E-state index contributed by atoms with van der Waals surface area (Å²) >= 11 is 0. The van der Waals surface area contributed by atoms with Gasteiger partial charge < -0.3 is 4.90 Å². The van der Waals surface area contributed by atoms with Crippen LogP contribution in [0.15, 0.2) is 29.2 Å². The second-order valence-electron chi connectivity index (χ2n) is 3.28. The molecule has 5 nitrogen and oxygen atoms in total. The second kappa shape index (κ2) is 7.13. The summed E-state index contributed by atoms with van der Waals surface area (Å²) in [6.45, 7) is 5.44. The fraction of sp³-hybridized carbons (Fsp3) is 0.417. The first kappa shape index (κ1) is 16.6. The average Bonchev–Trinajstić information content (AvgIpc) is 2.40. The van der Waals surface area contributed by atoms with Crippen molar-refractivity contribution in [2.24, 2.45) is 0 Å². The lowest BCUT2D eigenvalue weighted by Crippen LogP contribution is -2.23. The number of carbonyl (C=O) groups excluding carboxylic acids is 1. The molecule has 0 saturated carbocycles. The van der Waals surface area contributed by atoms with Crippen LogP contribution in [-0.2, 0) is 14.8 Å². The summed E-state index contributed by atoms with van der Waals surface area (Å²) in [6.07, 6.45) is 0. The fourth-order valence-corrected chi connectivity index (χ4v) is 1.88. The van der Waals surface area contributed by atoms with Crippen LogP contribution >= 0.6 is 0 Å². The van der Waals surface area contributed by atoms with Gasteiger partial charge in [-0.2, -0.15) is 0 Å². The van der Waals surface area contributed by atoms with Crippen LogP contribution in [0.3, 0.4) is 0 Å². The van der Waals surface area contributed by atoms with Crippen molar-refractivity contribution in [1.82, 2.24) is 4.72 Å². The molecule has 1 N–H and O–H groups in total. The Kier molecular flexibility index (Phi) is 6.57. The molecule has 1 aromatic rings. The highest BCUT2D eigenvalue weighted by Gasteiger charge is 2.12. The number of hydrogen-bond donors (Lipinski definition) is 1. The molecule has 0 aromatic heterocycles. The summed E-state index contributed by atoms with van der Waals surface area (Å²) in [6, 6.07) is 6.10. The van der Waals surface area contributed by atoms with E-state index in [0.717, 1.165) is 0 Å². The van der Waals surface area contributed by atoms with Gasteiger partial charge in [0, 0.05) is 19.7 Å². The summed E-state index contributed by atoms with van der Waals surface area (Å²) in [4.78, 5) is 12.7. The van der Waals surface area contributed by atoms with Crippen LogP contribution in [0.1, 0.15) is 20.8 Å². The minimum Gasteiger partial charge on any atom is -0.316 e. The zero-order chi connectivity index (χ0) is 14.3. The maximum atomic E-state index is 11.4. The third-order valence-electron chi connectivity index (χ3n) is 2.28. The number of sulfonamides is 1. The molecular weight excluding hydrogens is 252 g/mol. The summed E-state index contributed by atoms with van der Waals surface area (Å²) in [5.74, 6) is -0.107. The predicted molar refractivity (Wildman–Crippen MR) is 73.1 cm³/mol. The SMILES string of the molecule is CC.CNS(=O)(=O)c1ccc(N(C)C(C)=O)cc1. The maximum absolute atomic E-state index is 11.4. The number of amides is 1. The van der Waals surface area contributed by atoms with Crippen LogP contribution in [0, 0.1) is 0 Å². The Morgan fingerprint density at radius 2 is 1.61 bits per heavy atom.